The number of amides is 1. The number of aryl methyl sites for hydroxylation is 1. The Labute approximate surface area is 154 Å². The van der Waals surface area contributed by atoms with Crippen LogP contribution >= 0.6 is 0 Å². The van der Waals surface area contributed by atoms with Gasteiger partial charge in [0.15, 0.2) is 5.82 Å². The van der Waals surface area contributed by atoms with E-state index >= 15 is 0 Å². The molecule has 134 valence electrons. The molecule has 4 aromatic rings. The molecule has 27 heavy (non-hydrogen) atoms. The molecule has 3 aromatic heterocycles. The molecule has 8 nitrogen and oxygen atoms in total. The summed E-state index contributed by atoms with van der Waals surface area (Å²) in [4.78, 5) is 33.4. The Kier molecular flexibility index (Phi) is 4.44. The molecule has 0 aliphatic heterocycles. The second-order valence-electron chi connectivity index (χ2n) is 5.88. The van der Waals surface area contributed by atoms with Crippen LogP contribution in [0.1, 0.15) is 6.42 Å². The molecule has 1 N–H and O–H groups in total. The third-order valence-corrected chi connectivity index (χ3v) is 4.09. The van der Waals surface area contributed by atoms with Gasteiger partial charge in [0, 0.05) is 31.6 Å². The molecule has 4 rings (SSSR count). The van der Waals surface area contributed by atoms with Crippen LogP contribution < -0.4 is 10.9 Å². The van der Waals surface area contributed by atoms with Crippen LogP contribution in [0.15, 0.2) is 72.2 Å². The first kappa shape index (κ1) is 16.6. The van der Waals surface area contributed by atoms with Gasteiger partial charge in [0.1, 0.15) is 0 Å². The number of hydrogen-bond acceptors (Lipinski definition) is 5. The highest BCUT2D eigenvalue weighted by atomic mass is 16.2. The second-order valence-corrected chi connectivity index (χ2v) is 5.88. The van der Waals surface area contributed by atoms with E-state index in [1.54, 1.807) is 59.7 Å². The van der Waals surface area contributed by atoms with Crippen LogP contribution in [0.2, 0.25) is 0 Å². The molecule has 0 saturated heterocycles. The van der Waals surface area contributed by atoms with Crippen LogP contribution in [0.25, 0.3) is 16.7 Å². The lowest BCUT2D eigenvalue weighted by atomic mass is 10.2. The van der Waals surface area contributed by atoms with Gasteiger partial charge in [-0.15, -0.1) is 0 Å². The predicted molar refractivity (Wildman–Crippen MR) is 101 cm³/mol. The van der Waals surface area contributed by atoms with Crippen molar-refractivity contribution in [1.82, 2.24) is 24.3 Å². The number of anilines is 1. The normalized spacial score (nSPS) is 10.8. The minimum Gasteiger partial charge on any atom is -0.323 e. The Bertz CT molecular complexity index is 1150. The van der Waals surface area contributed by atoms with Crippen molar-refractivity contribution < 1.29 is 4.79 Å². The molecule has 3 heterocycles. The lowest BCUT2D eigenvalue weighted by molar-refractivity contribution is -0.116. The maximum absolute atomic E-state index is 12.5. The third kappa shape index (κ3) is 3.45. The average Bonchev–Trinajstić information content (AvgIpc) is 3.23. The Hall–Kier alpha value is -3.81. The van der Waals surface area contributed by atoms with Crippen molar-refractivity contribution in [3.8, 4) is 5.82 Å². The monoisotopic (exact) mass is 360 g/mol. The van der Waals surface area contributed by atoms with E-state index in [0.29, 0.717) is 22.4 Å². The number of nitrogens with zero attached hydrogens (tertiary/aromatic N) is 5. The van der Waals surface area contributed by atoms with Gasteiger partial charge in [-0.1, -0.05) is 12.1 Å². The van der Waals surface area contributed by atoms with Crippen LogP contribution in [-0.2, 0) is 11.3 Å². The second kappa shape index (κ2) is 7.20. The first-order valence-electron chi connectivity index (χ1n) is 8.41. The van der Waals surface area contributed by atoms with Crippen LogP contribution in [0, 0.1) is 0 Å². The Morgan fingerprint density at radius 3 is 2.78 bits per heavy atom. The fraction of sp³-hybridized carbons (Fsp3) is 0.105. The van der Waals surface area contributed by atoms with E-state index in [4.69, 9.17) is 0 Å². The molecule has 1 amide bonds. The number of pyridine rings is 1. The minimum atomic E-state index is -0.225. The topological polar surface area (TPSA) is 94.7 Å². The molecular weight excluding hydrogens is 344 g/mol. The summed E-state index contributed by atoms with van der Waals surface area (Å²) < 4.78 is 3.02. The lowest BCUT2D eigenvalue weighted by Gasteiger charge is -2.10. The van der Waals surface area contributed by atoms with Gasteiger partial charge in [-0.25, -0.2) is 14.6 Å². The van der Waals surface area contributed by atoms with Gasteiger partial charge in [0.25, 0.3) is 5.56 Å². The molecule has 0 aliphatic rings. The number of fused-ring (bicyclic) bond motifs is 1. The van der Waals surface area contributed by atoms with E-state index < -0.39 is 0 Å². The van der Waals surface area contributed by atoms with E-state index in [1.165, 1.54) is 10.9 Å². The maximum atomic E-state index is 12.5. The summed E-state index contributed by atoms with van der Waals surface area (Å²) in [5.41, 5.74) is 1.03. The van der Waals surface area contributed by atoms with Crippen LogP contribution in [-0.4, -0.2) is 30.2 Å². The molecule has 0 atom stereocenters. The fourth-order valence-corrected chi connectivity index (χ4v) is 2.77. The molecule has 1 aromatic carbocycles. The third-order valence-electron chi connectivity index (χ3n) is 4.09. The molecular formula is C19H16N6O2. The van der Waals surface area contributed by atoms with Crippen molar-refractivity contribution in [2.24, 2.45) is 0 Å². The Morgan fingerprint density at radius 1 is 1.04 bits per heavy atom. The van der Waals surface area contributed by atoms with Gasteiger partial charge >= 0.3 is 0 Å². The van der Waals surface area contributed by atoms with Crippen molar-refractivity contribution in [2.45, 2.75) is 13.0 Å². The molecule has 0 fully saturated rings. The van der Waals surface area contributed by atoms with Crippen LogP contribution in [0.5, 0.6) is 0 Å². The van der Waals surface area contributed by atoms with Crippen molar-refractivity contribution in [3.05, 3.63) is 77.7 Å². The quantitative estimate of drug-likeness (QED) is 0.587. The van der Waals surface area contributed by atoms with Gasteiger partial charge in [0.2, 0.25) is 5.91 Å². The number of benzene rings is 1. The molecule has 8 heteroatoms. The smallest absolute Gasteiger partial charge is 0.261 e. The van der Waals surface area contributed by atoms with Crippen molar-refractivity contribution >= 4 is 22.5 Å². The van der Waals surface area contributed by atoms with Gasteiger partial charge < -0.3 is 5.32 Å². The van der Waals surface area contributed by atoms with Gasteiger partial charge in [0.05, 0.1) is 22.9 Å². The highest BCUT2D eigenvalue weighted by Gasteiger charge is 2.11. The number of rotatable bonds is 5. The van der Waals surface area contributed by atoms with Gasteiger partial charge in [-0.05, 0) is 30.3 Å². The first-order valence-corrected chi connectivity index (χ1v) is 8.41. The average molecular weight is 360 g/mol. The molecule has 0 radical (unpaired) electrons. The molecule has 0 saturated carbocycles. The summed E-state index contributed by atoms with van der Waals surface area (Å²) in [6, 6.07) is 12.4. The summed E-state index contributed by atoms with van der Waals surface area (Å²) in [5.74, 6) is 0.303. The summed E-state index contributed by atoms with van der Waals surface area (Å²) in [6.07, 6.45) is 6.62. The largest absolute Gasteiger partial charge is 0.323 e. The number of para-hydroxylation sites is 1. The minimum absolute atomic E-state index is 0.132. The standard InChI is InChI=1S/C19H16N6O2/c26-17(23-16-7-3-9-20-18(16)25-11-4-10-22-25)8-12-24-13-21-15-6-2-1-5-14(15)19(24)27/h1-7,9-11,13H,8,12H2,(H,23,26). The van der Waals surface area contributed by atoms with E-state index in [1.807, 2.05) is 6.07 Å². The highest BCUT2D eigenvalue weighted by Crippen LogP contribution is 2.16. The summed E-state index contributed by atoms with van der Waals surface area (Å²) in [5, 5.41) is 7.50. The highest BCUT2D eigenvalue weighted by molar-refractivity contribution is 5.92. The van der Waals surface area contributed by atoms with E-state index in [9.17, 15) is 9.59 Å². The Morgan fingerprint density at radius 2 is 1.93 bits per heavy atom. The molecule has 0 bridgehead atoms. The van der Waals surface area contributed by atoms with E-state index in [0.717, 1.165) is 0 Å². The van der Waals surface area contributed by atoms with Crippen molar-refractivity contribution in [3.63, 3.8) is 0 Å². The number of hydrogen-bond donors (Lipinski definition) is 1. The Balaban J connectivity index is 1.49. The van der Waals surface area contributed by atoms with E-state index in [2.05, 4.69) is 20.4 Å². The fourth-order valence-electron chi connectivity index (χ4n) is 2.77. The SMILES string of the molecule is O=C(CCn1cnc2ccccc2c1=O)Nc1cccnc1-n1cccn1. The van der Waals surface area contributed by atoms with Gasteiger partial charge in [-0.2, -0.15) is 5.10 Å². The summed E-state index contributed by atoms with van der Waals surface area (Å²) >= 11 is 0. The number of carbonyl (C=O) groups excluding carboxylic acids is 1. The first-order chi connectivity index (χ1) is 13.2. The summed E-state index contributed by atoms with van der Waals surface area (Å²) in [6.45, 7) is 0.236. The zero-order chi connectivity index (χ0) is 18.6. The molecule has 0 spiro atoms. The number of carbonyl (C=O) groups is 1. The van der Waals surface area contributed by atoms with Crippen LogP contribution in [0.3, 0.4) is 0 Å². The van der Waals surface area contributed by atoms with E-state index in [-0.39, 0.29) is 24.4 Å². The van der Waals surface area contributed by atoms with Gasteiger partial charge in [-0.3, -0.25) is 14.2 Å². The summed E-state index contributed by atoms with van der Waals surface area (Å²) in [7, 11) is 0. The number of nitrogens with one attached hydrogen (secondary N) is 1. The zero-order valence-corrected chi connectivity index (χ0v) is 14.3. The van der Waals surface area contributed by atoms with Crippen molar-refractivity contribution in [2.75, 3.05) is 5.32 Å². The number of aromatic nitrogens is 5. The predicted octanol–water partition coefficient (Wildman–Crippen LogP) is 2.01. The zero-order valence-electron chi connectivity index (χ0n) is 14.3. The molecule has 0 unspecified atom stereocenters. The lowest BCUT2D eigenvalue weighted by Crippen LogP contribution is -2.24. The van der Waals surface area contributed by atoms with Crippen LogP contribution in [0.4, 0.5) is 5.69 Å². The maximum Gasteiger partial charge on any atom is 0.261 e. The van der Waals surface area contributed by atoms with Crippen molar-refractivity contribution in [1.29, 1.82) is 0 Å². The molecule has 0 aliphatic carbocycles.